The van der Waals surface area contributed by atoms with Crippen LogP contribution in [0.15, 0.2) is 47.5 Å². The predicted octanol–water partition coefficient (Wildman–Crippen LogP) is 2.84. The number of hydrogen-bond donors (Lipinski definition) is 1. The van der Waals surface area contributed by atoms with Gasteiger partial charge < -0.3 is 5.11 Å². The summed E-state index contributed by atoms with van der Waals surface area (Å²) in [5.74, 6) is -0.399. The van der Waals surface area contributed by atoms with E-state index in [1.807, 2.05) is 19.1 Å². The van der Waals surface area contributed by atoms with Crippen molar-refractivity contribution >= 4 is 18.0 Å². The van der Waals surface area contributed by atoms with Crippen LogP contribution in [0.2, 0.25) is 0 Å². The van der Waals surface area contributed by atoms with Crippen LogP contribution in [0.3, 0.4) is 0 Å². The lowest BCUT2D eigenvalue weighted by Gasteiger charge is -1.99. The number of carboxylic acid groups (broad SMARTS) is 1. The minimum absolute atomic E-state index is 0.230. The van der Waals surface area contributed by atoms with Crippen molar-refractivity contribution in [1.29, 1.82) is 0 Å². The summed E-state index contributed by atoms with van der Waals surface area (Å²) in [7, 11) is 0. The summed E-state index contributed by atoms with van der Waals surface area (Å²) in [6.07, 6.45) is 1.52. The van der Waals surface area contributed by atoms with Crippen LogP contribution in [0.25, 0.3) is 0 Å². The van der Waals surface area contributed by atoms with E-state index in [2.05, 4.69) is 9.98 Å². The first kappa shape index (κ1) is 12.0. The molecule has 0 aliphatic heterocycles. The highest BCUT2D eigenvalue weighted by Gasteiger charge is 2.06. The smallest absolute Gasteiger partial charge is 0.336 e. The van der Waals surface area contributed by atoms with Crippen molar-refractivity contribution in [1.82, 2.24) is 4.98 Å². The molecule has 0 bridgehead atoms. The molecule has 0 aliphatic rings. The van der Waals surface area contributed by atoms with Gasteiger partial charge in [-0.15, -0.1) is 0 Å². The van der Waals surface area contributed by atoms with Crippen LogP contribution in [0.4, 0.5) is 5.82 Å². The molecule has 0 saturated heterocycles. The highest BCUT2D eigenvalue weighted by molar-refractivity contribution is 5.98. The van der Waals surface area contributed by atoms with E-state index in [1.54, 1.807) is 30.3 Å². The summed E-state index contributed by atoms with van der Waals surface area (Å²) < 4.78 is 0. The molecule has 0 unspecified atom stereocenters. The number of benzene rings is 1. The second kappa shape index (κ2) is 5.23. The van der Waals surface area contributed by atoms with Crippen molar-refractivity contribution in [3.05, 3.63) is 59.3 Å². The summed E-state index contributed by atoms with van der Waals surface area (Å²) in [5, 5.41) is 9.03. The average molecular weight is 240 g/mol. The van der Waals surface area contributed by atoms with Crippen LogP contribution in [-0.2, 0) is 0 Å². The lowest BCUT2D eigenvalue weighted by atomic mass is 10.1. The first-order valence-electron chi connectivity index (χ1n) is 5.47. The second-order valence-electron chi connectivity index (χ2n) is 3.79. The maximum Gasteiger partial charge on any atom is 0.336 e. The zero-order valence-electron chi connectivity index (χ0n) is 9.87. The van der Waals surface area contributed by atoms with Crippen molar-refractivity contribution in [3.63, 3.8) is 0 Å². The van der Waals surface area contributed by atoms with Crippen molar-refractivity contribution < 1.29 is 9.90 Å². The highest BCUT2D eigenvalue weighted by atomic mass is 16.4. The van der Waals surface area contributed by atoms with Crippen LogP contribution >= 0.6 is 0 Å². The lowest BCUT2D eigenvalue weighted by Crippen LogP contribution is -2.01. The van der Waals surface area contributed by atoms with Gasteiger partial charge in [0.05, 0.1) is 5.56 Å². The Morgan fingerprint density at radius 2 is 2.00 bits per heavy atom. The van der Waals surface area contributed by atoms with E-state index in [1.165, 1.54) is 6.21 Å². The number of hydrogen-bond acceptors (Lipinski definition) is 3. The quantitative estimate of drug-likeness (QED) is 0.839. The van der Waals surface area contributed by atoms with Crippen molar-refractivity contribution in [3.8, 4) is 0 Å². The molecule has 1 aromatic carbocycles. The van der Waals surface area contributed by atoms with Gasteiger partial charge in [-0.2, -0.15) is 0 Å². The van der Waals surface area contributed by atoms with E-state index in [0.717, 1.165) is 5.69 Å². The number of carbonyl (C=O) groups is 1. The van der Waals surface area contributed by atoms with E-state index in [9.17, 15) is 4.79 Å². The molecule has 1 N–H and O–H groups in total. The van der Waals surface area contributed by atoms with E-state index < -0.39 is 5.97 Å². The average Bonchev–Trinajstić information content (AvgIpc) is 2.37. The number of carboxylic acids is 1. The minimum Gasteiger partial charge on any atom is -0.478 e. The zero-order valence-corrected chi connectivity index (χ0v) is 9.87. The van der Waals surface area contributed by atoms with E-state index in [0.29, 0.717) is 11.4 Å². The van der Waals surface area contributed by atoms with Crippen molar-refractivity contribution in [2.75, 3.05) is 0 Å². The molecule has 0 aliphatic carbocycles. The molecule has 0 spiro atoms. The van der Waals surface area contributed by atoms with Gasteiger partial charge in [0.1, 0.15) is 0 Å². The largest absolute Gasteiger partial charge is 0.478 e. The molecule has 18 heavy (non-hydrogen) atoms. The Hall–Kier alpha value is -2.49. The predicted molar refractivity (Wildman–Crippen MR) is 69.6 cm³/mol. The summed E-state index contributed by atoms with van der Waals surface area (Å²) in [5.41, 5.74) is 1.67. The van der Waals surface area contributed by atoms with E-state index in [-0.39, 0.29) is 5.56 Å². The molecule has 1 heterocycles. The molecule has 0 radical (unpaired) electrons. The van der Waals surface area contributed by atoms with Crippen LogP contribution in [-0.4, -0.2) is 22.3 Å². The molecule has 4 nitrogen and oxygen atoms in total. The van der Waals surface area contributed by atoms with Gasteiger partial charge in [-0.05, 0) is 25.1 Å². The maximum absolute atomic E-state index is 11.0. The number of aliphatic imine (C=N–C) groups is 1. The Morgan fingerprint density at radius 3 is 2.72 bits per heavy atom. The van der Waals surface area contributed by atoms with Crippen molar-refractivity contribution in [2.24, 2.45) is 4.99 Å². The Kier molecular flexibility index (Phi) is 3.48. The standard InChI is InChI=1S/C14H12N2O2/c1-10-5-4-8-13(16-10)15-9-11-6-2-3-7-12(11)14(17)18/h2-9H,1H3,(H,17,18)/b15-9-. The summed E-state index contributed by atoms with van der Waals surface area (Å²) in [4.78, 5) is 19.4. The summed E-state index contributed by atoms with van der Waals surface area (Å²) in [6.45, 7) is 1.88. The van der Waals surface area contributed by atoms with Gasteiger partial charge in [-0.1, -0.05) is 24.3 Å². The molecule has 4 heteroatoms. The number of pyridine rings is 1. The van der Waals surface area contributed by atoms with Gasteiger partial charge >= 0.3 is 5.97 Å². The maximum atomic E-state index is 11.0. The highest BCUT2D eigenvalue weighted by Crippen LogP contribution is 2.10. The molecule has 0 fully saturated rings. The Bertz CT molecular complexity index is 606. The van der Waals surface area contributed by atoms with Gasteiger partial charge in [-0.25, -0.2) is 14.8 Å². The Morgan fingerprint density at radius 1 is 1.22 bits per heavy atom. The number of aryl methyl sites for hydroxylation is 1. The zero-order chi connectivity index (χ0) is 13.0. The molecule has 2 aromatic rings. The third-order valence-corrected chi connectivity index (χ3v) is 2.40. The van der Waals surface area contributed by atoms with Gasteiger partial charge in [0.2, 0.25) is 0 Å². The van der Waals surface area contributed by atoms with Gasteiger partial charge in [0.25, 0.3) is 0 Å². The monoisotopic (exact) mass is 240 g/mol. The Balaban J connectivity index is 2.32. The molecule has 0 amide bonds. The normalized spacial score (nSPS) is 10.7. The third-order valence-electron chi connectivity index (χ3n) is 2.40. The second-order valence-corrected chi connectivity index (χ2v) is 3.79. The third kappa shape index (κ3) is 2.79. The van der Waals surface area contributed by atoms with Crippen LogP contribution < -0.4 is 0 Å². The fourth-order valence-corrected chi connectivity index (χ4v) is 1.54. The summed E-state index contributed by atoms with van der Waals surface area (Å²) in [6, 6.07) is 12.2. The van der Waals surface area contributed by atoms with Gasteiger partial charge in [0, 0.05) is 17.5 Å². The molecular formula is C14H12N2O2. The van der Waals surface area contributed by atoms with Gasteiger partial charge in [-0.3, -0.25) is 0 Å². The molecular weight excluding hydrogens is 228 g/mol. The first-order valence-corrected chi connectivity index (χ1v) is 5.47. The summed E-state index contributed by atoms with van der Waals surface area (Å²) >= 11 is 0. The van der Waals surface area contributed by atoms with Crippen LogP contribution in [0, 0.1) is 6.92 Å². The SMILES string of the molecule is Cc1cccc(/N=C\c2ccccc2C(=O)O)n1. The van der Waals surface area contributed by atoms with Crippen LogP contribution in [0.5, 0.6) is 0 Å². The molecule has 2 rings (SSSR count). The fraction of sp³-hybridized carbons (Fsp3) is 0.0714. The first-order chi connectivity index (χ1) is 8.66. The van der Waals surface area contributed by atoms with Gasteiger partial charge in [0.15, 0.2) is 5.82 Å². The lowest BCUT2D eigenvalue weighted by molar-refractivity contribution is 0.0697. The molecule has 90 valence electrons. The molecule has 0 atom stereocenters. The van der Waals surface area contributed by atoms with Crippen LogP contribution in [0.1, 0.15) is 21.6 Å². The molecule has 1 aromatic heterocycles. The molecule has 0 saturated carbocycles. The number of aromatic carboxylic acids is 1. The fourth-order valence-electron chi connectivity index (χ4n) is 1.54. The van der Waals surface area contributed by atoms with E-state index >= 15 is 0 Å². The number of nitrogens with zero attached hydrogens (tertiary/aromatic N) is 2. The topological polar surface area (TPSA) is 62.5 Å². The van der Waals surface area contributed by atoms with E-state index in [4.69, 9.17) is 5.11 Å². The minimum atomic E-state index is -0.964. The number of aromatic nitrogens is 1. The Labute approximate surface area is 105 Å². The number of rotatable bonds is 3. The van der Waals surface area contributed by atoms with Crippen molar-refractivity contribution in [2.45, 2.75) is 6.92 Å².